The van der Waals surface area contributed by atoms with Crippen LogP contribution in [-0.2, 0) is 4.74 Å². The summed E-state index contributed by atoms with van der Waals surface area (Å²) in [7, 11) is 1.41. The molecule has 0 unspecified atom stereocenters. The molecule has 1 aromatic heterocycles. The minimum atomic E-state index is -0.549. The van der Waals surface area contributed by atoms with Gasteiger partial charge in [-0.1, -0.05) is 6.07 Å². The number of halogens is 1. The van der Waals surface area contributed by atoms with Gasteiger partial charge in [-0.2, -0.15) is 0 Å². The van der Waals surface area contributed by atoms with Crippen LogP contribution in [0, 0.1) is 19.7 Å². The molecule has 0 amide bonds. The number of aromatic amines is 1. The normalized spacial score (nSPS) is 13.1. The molecule has 2 rings (SSSR count). The number of rotatable bonds is 8. The van der Waals surface area contributed by atoms with E-state index >= 15 is 0 Å². The zero-order chi connectivity index (χ0) is 21.0. The van der Waals surface area contributed by atoms with E-state index in [9.17, 15) is 14.0 Å². The zero-order valence-electron chi connectivity index (χ0n) is 17.1. The van der Waals surface area contributed by atoms with Gasteiger partial charge in [0.2, 0.25) is 0 Å². The minimum absolute atomic E-state index is 0.170. The number of aromatic nitrogens is 1. The first kappa shape index (κ1) is 21.6. The lowest BCUT2D eigenvalue weighted by Gasteiger charge is -2.20. The number of carbonyl (C=O) groups excluding carboxylic acids is 2. The van der Waals surface area contributed by atoms with Gasteiger partial charge in [-0.05, 0) is 57.9 Å². The van der Waals surface area contributed by atoms with Gasteiger partial charge in [0.05, 0.1) is 31.0 Å². The SMILES string of the molecule is CCOC(=O)c1c(C)[nH]c(C(=O)[C@H](C)N[C@@H](C)c2ccc(OC)c(F)c2)c1C. The number of aryl methyl sites for hydroxylation is 1. The van der Waals surface area contributed by atoms with Gasteiger partial charge in [-0.25, -0.2) is 9.18 Å². The number of hydrogen-bond donors (Lipinski definition) is 2. The summed E-state index contributed by atoms with van der Waals surface area (Å²) >= 11 is 0. The maximum absolute atomic E-state index is 13.9. The number of esters is 1. The summed E-state index contributed by atoms with van der Waals surface area (Å²) in [5, 5.41) is 3.18. The lowest BCUT2D eigenvalue weighted by molar-refractivity contribution is 0.0525. The second-order valence-electron chi connectivity index (χ2n) is 6.71. The smallest absolute Gasteiger partial charge is 0.340 e. The van der Waals surface area contributed by atoms with Crippen molar-refractivity contribution >= 4 is 11.8 Å². The van der Waals surface area contributed by atoms with Crippen molar-refractivity contribution in [3.05, 3.63) is 52.1 Å². The van der Waals surface area contributed by atoms with Crippen LogP contribution in [-0.4, -0.2) is 36.5 Å². The number of nitrogens with one attached hydrogen (secondary N) is 2. The van der Waals surface area contributed by atoms with Gasteiger partial charge in [0.25, 0.3) is 0 Å². The Kier molecular flexibility index (Phi) is 6.96. The maximum atomic E-state index is 13.9. The molecular weight excluding hydrogens is 363 g/mol. The molecule has 1 heterocycles. The molecule has 0 saturated carbocycles. The monoisotopic (exact) mass is 390 g/mol. The van der Waals surface area contributed by atoms with E-state index in [-0.39, 0.29) is 24.2 Å². The largest absolute Gasteiger partial charge is 0.494 e. The van der Waals surface area contributed by atoms with Gasteiger partial charge >= 0.3 is 5.97 Å². The second-order valence-corrected chi connectivity index (χ2v) is 6.71. The molecule has 0 radical (unpaired) electrons. The van der Waals surface area contributed by atoms with Crippen LogP contribution in [0.15, 0.2) is 18.2 Å². The number of carbonyl (C=O) groups is 2. The number of benzene rings is 1. The quantitative estimate of drug-likeness (QED) is 0.528. The van der Waals surface area contributed by atoms with E-state index in [4.69, 9.17) is 9.47 Å². The fourth-order valence-electron chi connectivity index (χ4n) is 3.22. The molecule has 2 N–H and O–H groups in total. The molecule has 2 atom stereocenters. The molecule has 0 aliphatic rings. The van der Waals surface area contributed by atoms with Crippen molar-refractivity contribution in [1.29, 1.82) is 0 Å². The molecule has 28 heavy (non-hydrogen) atoms. The number of methoxy groups -OCH3 is 1. The molecular formula is C21H27FN2O4. The van der Waals surface area contributed by atoms with E-state index < -0.39 is 17.8 Å². The molecule has 152 valence electrons. The summed E-state index contributed by atoms with van der Waals surface area (Å²) in [5.41, 5.74) is 2.62. The molecule has 0 bridgehead atoms. The predicted octanol–water partition coefficient (Wildman–Crippen LogP) is 3.88. The van der Waals surface area contributed by atoms with Gasteiger partial charge in [0, 0.05) is 11.7 Å². The van der Waals surface area contributed by atoms with Crippen molar-refractivity contribution in [3.8, 4) is 5.75 Å². The first-order chi connectivity index (χ1) is 13.2. The van der Waals surface area contributed by atoms with Gasteiger partial charge in [0.1, 0.15) is 0 Å². The van der Waals surface area contributed by atoms with E-state index in [1.165, 1.54) is 13.2 Å². The van der Waals surface area contributed by atoms with E-state index in [1.807, 2.05) is 6.92 Å². The highest BCUT2D eigenvalue weighted by atomic mass is 19.1. The minimum Gasteiger partial charge on any atom is -0.494 e. The molecule has 0 fully saturated rings. The van der Waals surface area contributed by atoms with Crippen molar-refractivity contribution in [3.63, 3.8) is 0 Å². The topological polar surface area (TPSA) is 80.4 Å². The summed E-state index contributed by atoms with van der Waals surface area (Å²) in [6.07, 6.45) is 0. The number of ketones is 1. The molecule has 6 nitrogen and oxygen atoms in total. The van der Waals surface area contributed by atoms with E-state index in [0.717, 1.165) is 0 Å². The van der Waals surface area contributed by atoms with Gasteiger partial charge in [-0.3, -0.25) is 4.79 Å². The fourth-order valence-corrected chi connectivity index (χ4v) is 3.22. The van der Waals surface area contributed by atoms with Crippen LogP contribution >= 0.6 is 0 Å². The summed E-state index contributed by atoms with van der Waals surface area (Å²) in [6, 6.07) is 3.88. The van der Waals surface area contributed by atoms with Crippen molar-refractivity contribution in [2.45, 2.75) is 46.7 Å². The first-order valence-electron chi connectivity index (χ1n) is 9.21. The summed E-state index contributed by atoms with van der Waals surface area (Å²) < 4.78 is 23.9. The highest BCUT2D eigenvalue weighted by molar-refractivity contribution is 6.03. The maximum Gasteiger partial charge on any atom is 0.340 e. The van der Waals surface area contributed by atoms with Gasteiger partial charge in [-0.15, -0.1) is 0 Å². The van der Waals surface area contributed by atoms with Gasteiger partial charge in [0.15, 0.2) is 17.3 Å². The third-order valence-electron chi connectivity index (χ3n) is 4.73. The van der Waals surface area contributed by atoms with Crippen LogP contribution in [0.3, 0.4) is 0 Å². The molecule has 0 spiro atoms. The molecule has 0 saturated heterocycles. The molecule has 0 aliphatic heterocycles. The number of hydrogen-bond acceptors (Lipinski definition) is 5. The highest BCUT2D eigenvalue weighted by Gasteiger charge is 2.26. The Bertz CT molecular complexity index is 876. The Morgan fingerprint density at radius 1 is 1.25 bits per heavy atom. The number of ether oxygens (including phenoxy) is 2. The average Bonchev–Trinajstić information content (AvgIpc) is 2.95. The number of H-pyrrole nitrogens is 1. The third-order valence-corrected chi connectivity index (χ3v) is 4.73. The van der Waals surface area contributed by atoms with Crippen LogP contribution in [0.2, 0.25) is 0 Å². The molecule has 7 heteroatoms. The van der Waals surface area contributed by atoms with Crippen molar-refractivity contribution in [2.75, 3.05) is 13.7 Å². The molecule has 0 aliphatic carbocycles. The zero-order valence-corrected chi connectivity index (χ0v) is 17.1. The van der Waals surface area contributed by atoms with Crippen LogP contribution in [0.25, 0.3) is 0 Å². The Balaban J connectivity index is 2.17. The van der Waals surface area contributed by atoms with E-state index in [1.54, 1.807) is 39.8 Å². The van der Waals surface area contributed by atoms with Crippen LogP contribution in [0.5, 0.6) is 5.75 Å². The summed E-state index contributed by atoms with van der Waals surface area (Å²) in [5.74, 6) is -0.918. The number of Topliss-reactive ketones (excluding diaryl/α,β-unsaturated/α-hetero) is 1. The fraction of sp³-hybridized carbons (Fsp3) is 0.429. The van der Waals surface area contributed by atoms with Crippen molar-refractivity contribution in [1.82, 2.24) is 10.3 Å². The Labute approximate surface area is 164 Å². The summed E-state index contributed by atoms with van der Waals surface area (Å²) in [6.45, 7) is 9.03. The molecule has 1 aromatic carbocycles. The van der Waals surface area contributed by atoms with Gasteiger partial charge < -0.3 is 19.8 Å². The third kappa shape index (κ3) is 4.42. The van der Waals surface area contributed by atoms with Crippen LogP contribution < -0.4 is 10.1 Å². The van der Waals surface area contributed by atoms with Crippen LogP contribution in [0.4, 0.5) is 4.39 Å². The highest BCUT2D eigenvalue weighted by Crippen LogP contribution is 2.24. The Hall–Kier alpha value is -2.67. The Morgan fingerprint density at radius 2 is 1.93 bits per heavy atom. The van der Waals surface area contributed by atoms with E-state index in [2.05, 4.69) is 10.3 Å². The summed E-state index contributed by atoms with van der Waals surface area (Å²) in [4.78, 5) is 28.0. The lowest BCUT2D eigenvalue weighted by Crippen LogP contribution is -2.36. The molecule has 2 aromatic rings. The second kappa shape index (κ2) is 9.01. The predicted molar refractivity (Wildman–Crippen MR) is 105 cm³/mol. The van der Waals surface area contributed by atoms with Crippen molar-refractivity contribution < 1.29 is 23.5 Å². The Morgan fingerprint density at radius 3 is 2.50 bits per heavy atom. The standard InChI is InChI=1S/C21H27FN2O4/c1-7-28-21(26)18-11(2)19(24-13(18)4)20(25)14(5)23-12(3)15-8-9-17(27-6)16(22)10-15/h8-10,12,14,23-24H,7H2,1-6H3/t12-,14-/m0/s1. The first-order valence-corrected chi connectivity index (χ1v) is 9.21. The lowest BCUT2D eigenvalue weighted by atomic mass is 10.0. The van der Waals surface area contributed by atoms with Crippen LogP contribution in [0.1, 0.15) is 64.5 Å². The average molecular weight is 390 g/mol. The van der Waals surface area contributed by atoms with E-state index in [0.29, 0.717) is 28.1 Å². The van der Waals surface area contributed by atoms with Crippen molar-refractivity contribution in [2.24, 2.45) is 0 Å².